The van der Waals surface area contributed by atoms with Gasteiger partial charge in [-0.2, -0.15) is 5.10 Å². The highest BCUT2D eigenvalue weighted by Gasteiger charge is 2.22. The Bertz CT molecular complexity index is 1440. The Kier molecular flexibility index (Phi) is 4.42. The van der Waals surface area contributed by atoms with Crippen LogP contribution in [-0.4, -0.2) is 39.3 Å². The van der Waals surface area contributed by atoms with Crippen LogP contribution in [0.2, 0.25) is 0 Å². The van der Waals surface area contributed by atoms with E-state index in [9.17, 15) is 4.79 Å². The van der Waals surface area contributed by atoms with E-state index in [1.54, 1.807) is 17.1 Å². The fourth-order valence-electron chi connectivity index (χ4n) is 4.06. The van der Waals surface area contributed by atoms with Crippen molar-refractivity contribution < 1.29 is 4.79 Å². The molecule has 2 aromatic carbocycles. The number of fused-ring (bicyclic) bond motifs is 2. The highest BCUT2D eigenvalue weighted by atomic mass is 16.1. The summed E-state index contributed by atoms with van der Waals surface area (Å²) in [7, 11) is 1.85. The van der Waals surface area contributed by atoms with Gasteiger partial charge in [-0.3, -0.25) is 19.5 Å². The summed E-state index contributed by atoms with van der Waals surface area (Å²) in [6, 6.07) is 13.3. The summed E-state index contributed by atoms with van der Waals surface area (Å²) in [5, 5.41) is 5.38. The maximum Gasteiger partial charge on any atom is 0.197 e. The van der Waals surface area contributed by atoms with Crippen LogP contribution < -0.4 is 5.73 Å². The lowest BCUT2D eigenvalue weighted by Gasteiger charge is -2.17. The van der Waals surface area contributed by atoms with E-state index in [2.05, 4.69) is 19.9 Å². The molecule has 0 radical (unpaired) electrons. The predicted octanol–water partition coefficient (Wildman–Crippen LogP) is 3.80. The number of hydrogen-bond acceptors (Lipinski definition) is 5. The Morgan fingerprint density at radius 2 is 2.00 bits per heavy atom. The second kappa shape index (κ2) is 7.27. The lowest BCUT2D eigenvalue weighted by molar-refractivity contribution is 0.1000. The zero-order valence-corrected chi connectivity index (χ0v) is 16.8. The minimum atomic E-state index is -0.0129. The zero-order valence-electron chi connectivity index (χ0n) is 16.8. The molecule has 0 saturated carbocycles. The summed E-state index contributed by atoms with van der Waals surface area (Å²) in [6.45, 7) is 8.11. The molecule has 1 aliphatic heterocycles. The van der Waals surface area contributed by atoms with Gasteiger partial charge in [-0.15, -0.1) is 0 Å². The third kappa shape index (κ3) is 3.01. The van der Waals surface area contributed by atoms with Crippen molar-refractivity contribution >= 4 is 28.1 Å². The third-order valence-corrected chi connectivity index (χ3v) is 5.58. The van der Waals surface area contributed by atoms with Gasteiger partial charge in [0, 0.05) is 42.0 Å². The van der Waals surface area contributed by atoms with Crippen molar-refractivity contribution in [3.63, 3.8) is 0 Å². The average Bonchev–Trinajstić information content (AvgIpc) is 3.19. The lowest BCUT2D eigenvalue weighted by Crippen LogP contribution is -2.24. The fraction of sp³-hybridized carbons (Fsp3) is 0.125. The van der Waals surface area contributed by atoms with Crippen LogP contribution in [0.3, 0.4) is 0 Å². The maximum atomic E-state index is 12.3. The molecule has 0 atom stereocenters. The van der Waals surface area contributed by atoms with Crippen molar-refractivity contribution in [2.75, 3.05) is 13.1 Å². The smallest absolute Gasteiger partial charge is 0.197 e. The number of aromatic nitrogens is 3. The largest absolute Gasteiger partial charge is 0.325 e. The molecular weight excluding hydrogens is 388 g/mol. The van der Waals surface area contributed by atoms with E-state index in [1.807, 2.05) is 49.5 Å². The molecule has 0 unspecified atom stereocenters. The first kappa shape index (κ1) is 18.9. The van der Waals surface area contributed by atoms with E-state index in [1.165, 1.54) is 0 Å². The van der Waals surface area contributed by atoms with Crippen LogP contribution in [0.25, 0.3) is 38.1 Å². The van der Waals surface area contributed by atoms with E-state index in [0.717, 1.165) is 44.6 Å². The van der Waals surface area contributed by atoms with Gasteiger partial charge in [0.15, 0.2) is 11.5 Å². The molecule has 0 saturated heterocycles. The highest BCUT2D eigenvalue weighted by molar-refractivity contribution is 6.16. The molecule has 150 valence electrons. The molecule has 4 aromatic rings. The molecule has 0 bridgehead atoms. The summed E-state index contributed by atoms with van der Waals surface area (Å²) >= 11 is 0. The van der Waals surface area contributed by atoms with Crippen molar-refractivity contribution in [2.24, 2.45) is 17.8 Å². The Morgan fingerprint density at radius 1 is 1.13 bits per heavy atom. The van der Waals surface area contributed by atoms with Crippen LogP contribution in [0.1, 0.15) is 15.9 Å². The molecule has 2 N–H and O–H groups in total. The number of carbonyl (C=O) groups is 1. The molecule has 31 heavy (non-hydrogen) atoms. The molecule has 5 rings (SSSR count). The molecule has 3 heterocycles. The summed E-state index contributed by atoms with van der Waals surface area (Å²) in [6.07, 6.45) is 3.51. The van der Waals surface area contributed by atoms with Crippen LogP contribution >= 0.6 is 0 Å². The normalized spacial score (nSPS) is 13.1. The molecule has 7 nitrogen and oxygen atoms in total. The highest BCUT2D eigenvalue weighted by Crippen LogP contribution is 2.39. The monoisotopic (exact) mass is 406 g/mol. The number of aryl methyl sites for hydroxylation is 1. The number of aliphatic imine (C=N–C) groups is 1. The zero-order chi connectivity index (χ0) is 21.5. The van der Waals surface area contributed by atoms with Crippen molar-refractivity contribution in [3.05, 3.63) is 77.4 Å². The number of benzene rings is 2. The van der Waals surface area contributed by atoms with Crippen LogP contribution in [0.15, 0.2) is 59.9 Å². The second-order valence-electron chi connectivity index (χ2n) is 7.36. The van der Waals surface area contributed by atoms with Gasteiger partial charge in [0.25, 0.3) is 0 Å². The molecule has 7 heteroatoms. The van der Waals surface area contributed by atoms with Gasteiger partial charge in [-0.25, -0.2) is 4.85 Å². The SMILES string of the molecule is [C-]#[N+]c1cc2cccnc2cc1-c1c(-c2ccc3c(c2)C(CN)=NCC3=O)cnn1C. The van der Waals surface area contributed by atoms with Gasteiger partial charge in [0.1, 0.15) is 6.54 Å². The third-order valence-electron chi connectivity index (χ3n) is 5.58. The molecule has 0 amide bonds. The quantitative estimate of drug-likeness (QED) is 0.524. The molecule has 1 aliphatic rings. The van der Waals surface area contributed by atoms with E-state index >= 15 is 0 Å². The summed E-state index contributed by atoms with van der Waals surface area (Å²) in [4.78, 5) is 24.8. The minimum absolute atomic E-state index is 0.0129. The molecule has 0 spiro atoms. The first-order chi connectivity index (χ1) is 15.1. The van der Waals surface area contributed by atoms with Crippen molar-refractivity contribution in [3.8, 4) is 22.4 Å². The van der Waals surface area contributed by atoms with Crippen molar-refractivity contribution in [1.29, 1.82) is 0 Å². The number of nitrogens with zero attached hydrogens (tertiary/aromatic N) is 5. The van der Waals surface area contributed by atoms with Gasteiger partial charge in [-0.1, -0.05) is 18.2 Å². The second-order valence-corrected chi connectivity index (χ2v) is 7.36. The summed E-state index contributed by atoms with van der Waals surface area (Å²) < 4.78 is 1.76. The Hall–Kier alpha value is -4.15. The van der Waals surface area contributed by atoms with Gasteiger partial charge < -0.3 is 5.73 Å². The van der Waals surface area contributed by atoms with Crippen molar-refractivity contribution in [2.45, 2.75) is 0 Å². The first-order valence-corrected chi connectivity index (χ1v) is 9.80. The molecule has 2 aromatic heterocycles. The number of carbonyl (C=O) groups excluding carboxylic acids is 1. The van der Waals surface area contributed by atoms with Gasteiger partial charge in [0.05, 0.1) is 29.7 Å². The first-order valence-electron chi connectivity index (χ1n) is 9.80. The Morgan fingerprint density at radius 3 is 2.81 bits per heavy atom. The molecule has 0 aliphatic carbocycles. The maximum absolute atomic E-state index is 12.3. The average molecular weight is 406 g/mol. The van der Waals surface area contributed by atoms with Crippen LogP contribution in [0.5, 0.6) is 0 Å². The van der Waals surface area contributed by atoms with Crippen LogP contribution in [0, 0.1) is 6.57 Å². The number of nitrogens with two attached hydrogens (primary N) is 1. The topological polar surface area (TPSA) is 90.5 Å². The number of pyridine rings is 1. The number of hydrogen-bond donors (Lipinski definition) is 1. The predicted molar refractivity (Wildman–Crippen MR) is 120 cm³/mol. The fourth-order valence-corrected chi connectivity index (χ4v) is 4.06. The standard InChI is InChI=1S/C24H18N6O/c1-26-21-9-15-4-3-7-27-20(15)10-18(21)24-19(12-29-30(24)2)14-5-6-16-17(8-14)22(11-25)28-13-23(16)31/h3-10,12H,11,13,25H2,2H3. The Balaban J connectivity index is 1.73. The molecular formula is C24H18N6O. The number of ketones is 1. The number of Topliss-reactive ketones (excluding diaryl/α,β-unsaturated/α-hetero) is 1. The van der Waals surface area contributed by atoms with E-state index in [0.29, 0.717) is 11.3 Å². The van der Waals surface area contributed by atoms with E-state index in [4.69, 9.17) is 12.3 Å². The Labute approximate surface area is 178 Å². The summed E-state index contributed by atoms with van der Waals surface area (Å²) in [5.74, 6) is -0.0129. The van der Waals surface area contributed by atoms with Crippen molar-refractivity contribution in [1.82, 2.24) is 14.8 Å². The number of rotatable bonds is 3. The summed E-state index contributed by atoms with van der Waals surface area (Å²) in [5.41, 5.74) is 12.7. The lowest BCUT2D eigenvalue weighted by atomic mass is 9.91. The van der Waals surface area contributed by atoms with Crippen LogP contribution in [0.4, 0.5) is 5.69 Å². The van der Waals surface area contributed by atoms with E-state index < -0.39 is 0 Å². The van der Waals surface area contributed by atoms with Gasteiger partial charge in [0.2, 0.25) is 0 Å². The van der Waals surface area contributed by atoms with Gasteiger partial charge >= 0.3 is 0 Å². The van der Waals surface area contributed by atoms with Crippen LogP contribution in [-0.2, 0) is 7.05 Å². The molecule has 0 fully saturated rings. The van der Waals surface area contributed by atoms with E-state index in [-0.39, 0.29) is 18.9 Å². The van der Waals surface area contributed by atoms with Gasteiger partial charge in [-0.05, 0) is 35.2 Å². The minimum Gasteiger partial charge on any atom is -0.325 e.